The fraction of sp³-hybridized carbons (Fsp3) is 0.579. The number of benzene rings is 1. The molecule has 0 bridgehead atoms. The van der Waals surface area contributed by atoms with Gasteiger partial charge in [0, 0.05) is 18.7 Å². The summed E-state index contributed by atoms with van der Waals surface area (Å²) >= 11 is 0. The van der Waals surface area contributed by atoms with Crippen LogP contribution in [0.2, 0.25) is 0 Å². The number of carbonyl (C=O) groups is 2. The van der Waals surface area contributed by atoms with Crippen LogP contribution < -0.4 is 15.8 Å². The number of methoxy groups -OCH3 is 1. The van der Waals surface area contributed by atoms with Crippen molar-refractivity contribution in [2.75, 3.05) is 26.7 Å². The van der Waals surface area contributed by atoms with Gasteiger partial charge in [0.05, 0.1) is 7.11 Å². The maximum absolute atomic E-state index is 12.9. The highest BCUT2D eigenvalue weighted by Crippen LogP contribution is 2.29. The molecule has 26 heavy (non-hydrogen) atoms. The van der Waals surface area contributed by atoms with Gasteiger partial charge < -0.3 is 20.7 Å². The molecule has 1 aromatic carbocycles. The summed E-state index contributed by atoms with van der Waals surface area (Å²) in [5.41, 5.74) is 6.31. The average molecular weight is 384 g/mol. The largest absolute Gasteiger partial charge is 0.497 e. The van der Waals surface area contributed by atoms with E-state index < -0.39 is 6.04 Å². The second-order valence-electron chi connectivity index (χ2n) is 7.45. The molecule has 0 aliphatic carbocycles. The van der Waals surface area contributed by atoms with E-state index >= 15 is 0 Å². The van der Waals surface area contributed by atoms with Crippen molar-refractivity contribution in [1.29, 1.82) is 0 Å². The van der Waals surface area contributed by atoms with E-state index in [9.17, 15) is 9.59 Å². The van der Waals surface area contributed by atoms with Crippen LogP contribution in [0.4, 0.5) is 0 Å². The Hall–Kier alpha value is -1.79. The molecule has 146 valence electrons. The SMILES string of the molecule is COc1ccc(C(=O)NC(C(=O)N2CCC(C)(CN)C2)C(C)C)cc1.Cl. The van der Waals surface area contributed by atoms with E-state index in [0.717, 1.165) is 6.42 Å². The van der Waals surface area contributed by atoms with Crippen LogP contribution in [0.5, 0.6) is 5.75 Å². The van der Waals surface area contributed by atoms with E-state index in [1.54, 1.807) is 31.4 Å². The normalized spacial score (nSPS) is 20.5. The molecule has 1 saturated heterocycles. The van der Waals surface area contributed by atoms with Crippen LogP contribution in [0.15, 0.2) is 24.3 Å². The molecule has 2 rings (SSSR count). The van der Waals surface area contributed by atoms with E-state index in [2.05, 4.69) is 12.2 Å². The maximum atomic E-state index is 12.9. The van der Waals surface area contributed by atoms with Gasteiger partial charge in [-0.2, -0.15) is 0 Å². The first kappa shape index (κ1) is 22.3. The Morgan fingerprint density at radius 2 is 1.92 bits per heavy atom. The van der Waals surface area contributed by atoms with Crippen LogP contribution in [0.3, 0.4) is 0 Å². The second-order valence-corrected chi connectivity index (χ2v) is 7.45. The monoisotopic (exact) mass is 383 g/mol. The Balaban J connectivity index is 0.00000338. The first-order chi connectivity index (χ1) is 11.8. The molecule has 1 aromatic rings. The number of rotatable bonds is 6. The molecule has 1 fully saturated rings. The second kappa shape index (κ2) is 9.24. The zero-order chi connectivity index (χ0) is 18.6. The van der Waals surface area contributed by atoms with Crippen molar-refractivity contribution >= 4 is 24.2 Å². The molecular formula is C19H30ClN3O3. The van der Waals surface area contributed by atoms with Crippen molar-refractivity contribution in [2.24, 2.45) is 17.1 Å². The van der Waals surface area contributed by atoms with Crippen LogP contribution in [-0.4, -0.2) is 49.5 Å². The summed E-state index contributed by atoms with van der Waals surface area (Å²) in [6, 6.07) is 6.30. The van der Waals surface area contributed by atoms with Crippen molar-refractivity contribution in [3.05, 3.63) is 29.8 Å². The van der Waals surface area contributed by atoms with Gasteiger partial charge >= 0.3 is 0 Å². The molecule has 1 aliphatic rings. The number of carbonyl (C=O) groups excluding carboxylic acids is 2. The molecule has 2 amide bonds. The van der Waals surface area contributed by atoms with Crippen molar-refractivity contribution < 1.29 is 14.3 Å². The smallest absolute Gasteiger partial charge is 0.251 e. The minimum atomic E-state index is -0.547. The molecule has 0 spiro atoms. The van der Waals surface area contributed by atoms with Gasteiger partial charge in [-0.25, -0.2) is 0 Å². The van der Waals surface area contributed by atoms with Gasteiger partial charge in [0.25, 0.3) is 5.91 Å². The van der Waals surface area contributed by atoms with Crippen LogP contribution in [0.25, 0.3) is 0 Å². The lowest BCUT2D eigenvalue weighted by Gasteiger charge is -2.28. The first-order valence-corrected chi connectivity index (χ1v) is 8.73. The van der Waals surface area contributed by atoms with Crippen molar-refractivity contribution in [3.63, 3.8) is 0 Å². The predicted octanol–water partition coefficient (Wildman–Crippen LogP) is 2.07. The molecule has 1 heterocycles. The van der Waals surface area contributed by atoms with Gasteiger partial charge in [-0.3, -0.25) is 9.59 Å². The van der Waals surface area contributed by atoms with Crippen LogP contribution in [-0.2, 0) is 4.79 Å². The number of amides is 2. The van der Waals surface area contributed by atoms with Gasteiger partial charge in [-0.1, -0.05) is 20.8 Å². The van der Waals surface area contributed by atoms with Crippen molar-refractivity contribution in [2.45, 2.75) is 33.2 Å². The van der Waals surface area contributed by atoms with Crippen molar-refractivity contribution in [1.82, 2.24) is 10.2 Å². The lowest BCUT2D eigenvalue weighted by atomic mass is 9.90. The number of halogens is 1. The highest BCUT2D eigenvalue weighted by Gasteiger charge is 2.38. The van der Waals surface area contributed by atoms with Crippen LogP contribution in [0.1, 0.15) is 37.6 Å². The van der Waals surface area contributed by atoms with Crippen LogP contribution >= 0.6 is 12.4 Å². The number of nitrogens with one attached hydrogen (secondary N) is 1. The molecule has 1 aliphatic heterocycles. The highest BCUT2D eigenvalue weighted by molar-refractivity contribution is 5.97. The van der Waals surface area contributed by atoms with Gasteiger partial charge in [-0.05, 0) is 48.6 Å². The molecule has 0 aromatic heterocycles. The van der Waals surface area contributed by atoms with E-state index in [1.807, 2.05) is 18.7 Å². The first-order valence-electron chi connectivity index (χ1n) is 8.73. The van der Waals surface area contributed by atoms with E-state index in [1.165, 1.54) is 0 Å². The molecule has 0 saturated carbocycles. The Morgan fingerprint density at radius 3 is 2.38 bits per heavy atom. The number of hydrogen-bond donors (Lipinski definition) is 2. The Kier molecular flexibility index (Phi) is 7.90. The van der Waals surface area contributed by atoms with E-state index in [4.69, 9.17) is 10.5 Å². The summed E-state index contributed by atoms with van der Waals surface area (Å²) in [5.74, 6) is 0.398. The molecule has 3 N–H and O–H groups in total. The fourth-order valence-electron chi connectivity index (χ4n) is 3.06. The standard InChI is InChI=1S/C19H29N3O3.ClH/c1-13(2)16(18(24)22-10-9-19(3,11-20)12-22)21-17(23)14-5-7-15(25-4)8-6-14;/h5-8,13,16H,9-12,20H2,1-4H3,(H,21,23);1H. The Morgan fingerprint density at radius 1 is 1.31 bits per heavy atom. The Bertz CT molecular complexity index is 621. The van der Waals surface area contributed by atoms with E-state index in [0.29, 0.717) is 30.9 Å². The summed E-state index contributed by atoms with van der Waals surface area (Å²) < 4.78 is 5.10. The minimum Gasteiger partial charge on any atom is -0.497 e. The van der Waals surface area contributed by atoms with Gasteiger partial charge in [-0.15, -0.1) is 12.4 Å². The van der Waals surface area contributed by atoms with Gasteiger partial charge in [0.15, 0.2) is 0 Å². The average Bonchev–Trinajstić information content (AvgIpc) is 3.01. The summed E-state index contributed by atoms with van der Waals surface area (Å²) in [5, 5.41) is 2.89. The van der Waals surface area contributed by atoms with E-state index in [-0.39, 0.29) is 35.6 Å². The summed E-state index contributed by atoms with van der Waals surface area (Å²) in [6.07, 6.45) is 0.895. The number of nitrogens with zero attached hydrogens (tertiary/aromatic N) is 1. The molecule has 2 unspecified atom stereocenters. The maximum Gasteiger partial charge on any atom is 0.251 e. The minimum absolute atomic E-state index is 0. The number of ether oxygens (including phenoxy) is 1. The zero-order valence-corrected chi connectivity index (χ0v) is 16.8. The molecule has 7 heteroatoms. The zero-order valence-electron chi connectivity index (χ0n) is 16.0. The number of hydrogen-bond acceptors (Lipinski definition) is 4. The third-order valence-corrected chi connectivity index (χ3v) is 4.93. The molecular weight excluding hydrogens is 354 g/mol. The third kappa shape index (κ3) is 5.11. The highest BCUT2D eigenvalue weighted by atomic mass is 35.5. The third-order valence-electron chi connectivity index (χ3n) is 4.93. The quantitative estimate of drug-likeness (QED) is 0.787. The van der Waals surface area contributed by atoms with Crippen molar-refractivity contribution in [3.8, 4) is 5.75 Å². The Labute approximate surface area is 161 Å². The number of likely N-dealkylation sites (tertiary alicyclic amines) is 1. The van der Waals surface area contributed by atoms with Gasteiger partial charge in [0.1, 0.15) is 11.8 Å². The summed E-state index contributed by atoms with van der Waals surface area (Å²) in [6.45, 7) is 7.87. The number of nitrogens with two attached hydrogens (primary N) is 1. The topological polar surface area (TPSA) is 84.7 Å². The van der Waals surface area contributed by atoms with Crippen LogP contribution in [0, 0.1) is 11.3 Å². The molecule has 0 radical (unpaired) electrons. The molecule has 2 atom stereocenters. The van der Waals surface area contributed by atoms with Gasteiger partial charge in [0.2, 0.25) is 5.91 Å². The molecule has 6 nitrogen and oxygen atoms in total. The fourth-order valence-corrected chi connectivity index (χ4v) is 3.06. The lowest BCUT2D eigenvalue weighted by Crippen LogP contribution is -2.51. The predicted molar refractivity (Wildman–Crippen MR) is 105 cm³/mol. The summed E-state index contributed by atoms with van der Waals surface area (Å²) in [4.78, 5) is 27.3. The lowest BCUT2D eigenvalue weighted by molar-refractivity contribution is -0.133. The summed E-state index contributed by atoms with van der Waals surface area (Å²) in [7, 11) is 1.58.